The molecule has 168 valence electrons. The summed E-state index contributed by atoms with van der Waals surface area (Å²) < 4.78 is 38.3. The first-order valence-corrected chi connectivity index (χ1v) is 12.2. The Bertz CT molecular complexity index is 1040. The fourth-order valence-corrected chi connectivity index (χ4v) is 6.28. The molecule has 0 spiro atoms. The number of ether oxygens (including phenoxy) is 1. The number of carbonyl (C=O) groups excluding carboxylic acids is 1. The molecule has 9 heteroatoms. The molecule has 1 saturated heterocycles. The van der Waals surface area contributed by atoms with Crippen molar-refractivity contribution in [3.63, 3.8) is 0 Å². The van der Waals surface area contributed by atoms with E-state index in [0.717, 1.165) is 18.5 Å². The first-order valence-electron chi connectivity index (χ1n) is 10.7. The molecule has 1 atom stereocenters. The molecule has 2 aliphatic rings. The smallest absolute Gasteiger partial charge is 0.243 e. The van der Waals surface area contributed by atoms with Crippen molar-refractivity contribution < 1.29 is 22.5 Å². The van der Waals surface area contributed by atoms with E-state index in [1.54, 1.807) is 12.1 Å². The summed E-state index contributed by atoms with van der Waals surface area (Å²) in [5, 5.41) is 4.23. The average molecular weight is 448 g/mol. The van der Waals surface area contributed by atoms with Gasteiger partial charge in [0.2, 0.25) is 15.9 Å². The Hall–Kier alpha value is -2.39. The van der Waals surface area contributed by atoms with E-state index < -0.39 is 21.3 Å². The summed E-state index contributed by atoms with van der Waals surface area (Å²) >= 11 is 0. The Kier molecular flexibility index (Phi) is 6.07. The van der Waals surface area contributed by atoms with Crippen LogP contribution in [0.5, 0.6) is 5.75 Å². The van der Waals surface area contributed by atoms with Crippen LogP contribution in [0.3, 0.4) is 0 Å². The number of nitrogens with zero attached hydrogens (tertiary/aromatic N) is 2. The average Bonchev–Trinajstić information content (AvgIpc) is 3.43. The maximum atomic E-state index is 13.2. The minimum atomic E-state index is -3.78. The minimum absolute atomic E-state index is 0.0152. The van der Waals surface area contributed by atoms with Gasteiger partial charge in [0.05, 0.1) is 23.1 Å². The summed E-state index contributed by atoms with van der Waals surface area (Å²) in [4.78, 5) is 12.6. The van der Waals surface area contributed by atoms with E-state index in [1.807, 2.05) is 6.07 Å². The number of benzene rings is 1. The summed E-state index contributed by atoms with van der Waals surface area (Å²) in [6.45, 7) is 0.230. The second-order valence-corrected chi connectivity index (χ2v) is 10.6. The molecule has 0 radical (unpaired) electrons. The number of hydrogen-bond acceptors (Lipinski definition) is 6. The van der Waals surface area contributed by atoms with Crippen LogP contribution < -0.4 is 10.5 Å². The zero-order valence-corrected chi connectivity index (χ0v) is 18.6. The molecule has 2 aromatic rings. The lowest BCUT2D eigenvalue weighted by Gasteiger charge is -2.24. The number of aromatic nitrogens is 1. The van der Waals surface area contributed by atoms with Gasteiger partial charge in [-0.05, 0) is 31.4 Å². The number of primary amides is 1. The van der Waals surface area contributed by atoms with Crippen LogP contribution in [0.4, 0.5) is 0 Å². The molecule has 1 aromatic heterocycles. The van der Waals surface area contributed by atoms with E-state index in [0.29, 0.717) is 23.8 Å². The Balaban J connectivity index is 1.53. The first-order chi connectivity index (χ1) is 14.8. The lowest BCUT2D eigenvalue weighted by Crippen LogP contribution is -2.42. The highest BCUT2D eigenvalue weighted by molar-refractivity contribution is 7.89. The predicted octanol–water partition coefficient (Wildman–Crippen LogP) is 2.84. The van der Waals surface area contributed by atoms with Gasteiger partial charge < -0.3 is 15.0 Å². The molecule has 31 heavy (non-hydrogen) atoms. The fourth-order valence-electron chi connectivity index (χ4n) is 4.72. The van der Waals surface area contributed by atoms with Gasteiger partial charge in [-0.3, -0.25) is 4.79 Å². The molecule has 8 nitrogen and oxygen atoms in total. The number of sulfonamides is 1. The molecule has 2 heterocycles. The number of methoxy groups -OCH3 is 1. The molecular formula is C22H29N3O5S. The Morgan fingerprint density at radius 1 is 1.29 bits per heavy atom. The van der Waals surface area contributed by atoms with Crippen LogP contribution in [0.25, 0.3) is 0 Å². The van der Waals surface area contributed by atoms with E-state index in [4.69, 9.17) is 15.0 Å². The summed E-state index contributed by atoms with van der Waals surface area (Å²) in [5.41, 5.74) is 5.68. The molecule has 4 rings (SSSR count). The summed E-state index contributed by atoms with van der Waals surface area (Å²) in [6, 6.07) is 8.23. The topological polar surface area (TPSA) is 116 Å². The van der Waals surface area contributed by atoms with E-state index in [-0.39, 0.29) is 24.4 Å². The third-order valence-corrected chi connectivity index (χ3v) is 8.47. The van der Waals surface area contributed by atoms with Gasteiger partial charge in [0.1, 0.15) is 11.5 Å². The van der Waals surface area contributed by atoms with Crippen LogP contribution in [-0.2, 0) is 21.2 Å². The fraction of sp³-hybridized carbons (Fsp3) is 0.545. The van der Waals surface area contributed by atoms with Crippen molar-refractivity contribution in [2.24, 2.45) is 11.1 Å². The van der Waals surface area contributed by atoms with Gasteiger partial charge in [-0.15, -0.1) is 0 Å². The minimum Gasteiger partial charge on any atom is -0.497 e. The van der Waals surface area contributed by atoms with Crippen LogP contribution in [0.15, 0.2) is 39.8 Å². The standard InChI is InChI=1S/C22H29N3O5S/c1-29-17-8-5-9-19(12-17)31(27,28)25-11-10-22(15-25,21(23)26)14-18-13-20(24-30-18)16-6-3-2-4-7-16/h5,8-9,12-13,16H,2-4,6-7,10-11,14-15H2,1H3,(H2,23,26)/t22-/m1/s1. The Labute approximate surface area is 182 Å². The zero-order valence-electron chi connectivity index (χ0n) is 17.7. The van der Waals surface area contributed by atoms with Crippen molar-refractivity contribution >= 4 is 15.9 Å². The van der Waals surface area contributed by atoms with Crippen LogP contribution in [0, 0.1) is 5.41 Å². The predicted molar refractivity (Wildman–Crippen MR) is 114 cm³/mol. The molecule has 2 N–H and O–H groups in total. The summed E-state index contributed by atoms with van der Waals surface area (Å²) in [5.74, 6) is 0.911. The van der Waals surface area contributed by atoms with Gasteiger partial charge in [0, 0.05) is 37.6 Å². The first kappa shape index (κ1) is 21.8. The number of amides is 1. The van der Waals surface area contributed by atoms with Crippen LogP contribution in [0.1, 0.15) is 55.9 Å². The van der Waals surface area contributed by atoms with Gasteiger partial charge in [-0.1, -0.05) is 30.5 Å². The maximum absolute atomic E-state index is 13.2. The monoisotopic (exact) mass is 447 g/mol. The second-order valence-electron chi connectivity index (χ2n) is 8.64. The van der Waals surface area contributed by atoms with E-state index in [9.17, 15) is 13.2 Å². The lowest BCUT2D eigenvalue weighted by molar-refractivity contribution is -0.127. The molecule has 0 bridgehead atoms. The van der Waals surface area contributed by atoms with Crippen molar-refractivity contribution in [3.05, 3.63) is 41.8 Å². The van der Waals surface area contributed by atoms with Gasteiger partial charge in [-0.2, -0.15) is 4.31 Å². The molecular weight excluding hydrogens is 418 g/mol. The molecule has 2 fully saturated rings. The van der Waals surface area contributed by atoms with E-state index in [1.165, 1.54) is 42.8 Å². The molecule has 1 aliphatic heterocycles. The SMILES string of the molecule is COc1cccc(S(=O)(=O)N2CC[C@](Cc3cc(C4CCCCC4)no3)(C(N)=O)C2)c1. The molecule has 1 amide bonds. The highest BCUT2D eigenvalue weighted by atomic mass is 32.2. The van der Waals surface area contributed by atoms with Gasteiger partial charge in [-0.25, -0.2) is 8.42 Å². The van der Waals surface area contributed by atoms with Crippen molar-refractivity contribution in [2.45, 2.75) is 55.8 Å². The number of rotatable bonds is 7. The highest BCUT2D eigenvalue weighted by Gasteiger charge is 2.48. The molecule has 1 aromatic carbocycles. The Morgan fingerprint density at radius 2 is 2.06 bits per heavy atom. The van der Waals surface area contributed by atoms with Crippen LogP contribution in [0.2, 0.25) is 0 Å². The summed E-state index contributed by atoms with van der Waals surface area (Å²) in [6.07, 6.45) is 6.41. The largest absolute Gasteiger partial charge is 0.497 e. The Morgan fingerprint density at radius 3 is 2.77 bits per heavy atom. The number of hydrogen-bond donors (Lipinski definition) is 1. The quantitative estimate of drug-likeness (QED) is 0.698. The third kappa shape index (κ3) is 4.34. The number of carbonyl (C=O) groups is 1. The number of nitrogens with two attached hydrogens (primary N) is 1. The molecule has 1 aliphatic carbocycles. The zero-order chi connectivity index (χ0) is 22.1. The van der Waals surface area contributed by atoms with E-state index >= 15 is 0 Å². The summed E-state index contributed by atoms with van der Waals surface area (Å²) in [7, 11) is -2.30. The third-order valence-electron chi connectivity index (χ3n) is 6.63. The van der Waals surface area contributed by atoms with Gasteiger partial charge >= 0.3 is 0 Å². The molecule has 0 unspecified atom stereocenters. The van der Waals surface area contributed by atoms with Crippen molar-refractivity contribution in [1.29, 1.82) is 0 Å². The van der Waals surface area contributed by atoms with Gasteiger partial charge in [0.15, 0.2) is 0 Å². The molecule has 1 saturated carbocycles. The highest BCUT2D eigenvalue weighted by Crippen LogP contribution is 2.38. The van der Waals surface area contributed by atoms with Crippen molar-refractivity contribution in [2.75, 3.05) is 20.2 Å². The van der Waals surface area contributed by atoms with Crippen molar-refractivity contribution in [1.82, 2.24) is 9.46 Å². The van der Waals surface area contributed by atoms with E-state index in [2.05, 4.69) is 5.16 Å². The van der Waals surface area contributed by atoms with Gasteiger partial charge in [0.25, 0.3) is 0 Å². The normalized spacial score (nSPS) is 23.1. The lowest BCUT2D eigenvalue weighted by atomic mass is 9.81. The van der Waals surface area contributed by atoms with Crippen LogP contribution in [-0.4, -0.2) is 44.0 Å². The van der Waals surface area contributed by atoms with Crippen molar-refractivity contribution in [3.8, 4) is 5.75 Å². The maximum Gasteiger partial charge on any atom is 0.243 e. The second kappa shape index (κ2) is 8.63. The van der Waals surface area contributed by atoms with Crippen LogP contribution >= 0.6 is 0 Å².